The molecule has 3 heterocycles. The number of amidine groups is 1. The van der Waals surface area contributed by atoms with Gasteiger partial charge < -0.3 is 10.3 Å². The van der Waals surface area contributed by atoms with Crippen LogP contribution in [0.25, 0.3) is 79.3 Å². The summed E-state index contributed by atoms with van der Waals surface area (Å²) in [6.07, 6.45) is 0.808. The van der Waals surface area contributed by atoms with E-state index in [0.717, 1.165) is 28.7 Å². The average Bonchev–Trinajstić information content (AvgIpc) is 3.88. The molecule has 0 saturated heterocycles. The first kappa shape index (κ1) is 30.4. The highest BCUT2D eigenvalue weighted by Gasteiger charge is 2.23. The first-order chi connectivity index (χ1) is 26.2. The van der Waals surface area contributed by atoms with Crippen molar-refractivity contribution in [3.8, 4) is 5.69 Å². The molecule has 5 heteroatoms. The number of nitrogens with zero attached hydrogens (tertiary/aromatic N) is 2. The second-order valence-corrected chi connectivity index (χ2v) is 15.9. The third-order valence-corrected chi connectivity index (χ3v) is 13.0. The Morgan fingerprint density at radius 2 is 1.25 bits per heavy atom. The van der Waals surface area contributed by atoms with Crippen molar-refractivity contribution in [3.63, 3.8) is 0 Å². The predicted octanol–water partition coefficient (Wildman–Crippen LogP) is 13.3. The number of aliphatic imine (C=N–C) groups is 1. The lowest BCUT2D eigenvalue weighted by molar-refractivity contribution is 1.18. The van der Waals surface area contributed by atoms with Gasteiger partial charge in [-0.2, -0.15) is 0 Å². The van der Waals surface area contributed by atoms with E-state index in [-0.39, 0.29) is 0 Å². The third kappa shape index (κ3) is 4.68. The van der Waals surface area contributed by atoms with Crippen LogP contribution in [-0.2, 0) is 6.42 Å². The van der Waals surface area contributed by atoms with E-state index in [1.807, 2.05) is 11.3 Å². The Morgan fingerprint density at radius 1 is 0.547 bits per heavy atom. The molecule has 0 saturated carbocycles. The van der Waals surface area contributed by atoms with Gasteiger partial charge in [-0.15, -0.1) is 22.7 Å². The van der Waals surface area contributed by atoms with Crippen LogP contribution in [0.4, 0.5) is 5.69 Å². The Bertz CT molecular complexity index is 3270. The summed E-state index contributed by atoms with van der Waals surface area (Å²) in [5.74, 6) is 0.509. The lowest BCUT2D eigenvalue weighted by Crippen LogP contribution is -2.13. The largest absolute Gasteiger partial charge is 0.383 e. The molecule has 0 atom stereocenters. The highest BCUT2D eigenvalue weighted by atomic mass is 32.1. The fraction of sp³-hybridized carbons (Fsp3) is 0.0208. The monoisotopic (exact) mass is 713 g/mol. The Balaban J connectivity index is 1.17. The molecule has 0 spiro atoms. The summed E-state index contributed by atoms with van der Waals surface area (Å²) in [4.78, 5) is 6.42. The van der Waals surface area contributed by atoms with Gasteiger partial charge in [0.25, 0.3) is 0 Å². The molecule has 11 aromatic rings. The van der Waals surface area contributed by atoms with Crippen molar-refractivity contribution in [1.29, 1.82) is 0 Å². The summed E-state index contributed by atoms with van der Waals surface area (Å²) in [5.41, 5.74) is 13.6. The predicted molar refractivity (Wildman–Crippen MR) is 230 cm³/mol. The highest BCUT2D eigenvalue weighted by Crippen LogP contribution is 2.49. The number of para-hydroxylation sites is 1. The number of nitrogens with two attached hydrogens (primary N) is 1. The van der Waals surface area contributed by atoms with Gasteiger partial charge in [0.1, 0.15) is 5.84 Å². The molecule has 0 fully saturated rings. The van der Waals surface area contributed by atoms with Crippen molar-refractivity contribution < 1.29 is 0 Å². The van der Waals surface area contributed by atoms with Crippen LogP contribution in [0.15, 0.2) is 169 Å². The molecule has 3 aromatic heterocycles. The minimum absolute atomic E-state index is 0.509. The number of benzene rings is 8. The molecule has 0 aliphatic rings. The molecule has 8 aromatic carbocycles. The van der Waals surface area contributed by atoms with Gasteiger partial charge in [0.05, 0.1) is 21.4 Å². The molecule has 250 valence electrons. The average molecular weight is 714 g/mol. The fourth-order valence-electron chi connectivity index (χ4n) is 8.30. The first-order valence-electron chi connectivity index (χ1n) is 17.9. The maximum Gasteiger partial charge on any atom is 0.131 e. The van der Waals surface area contributed by atoms with Gasteiger partial charge in [0, 0.05) is 58.9 Å². The van der Waals surface area contributed by atoms with E-state index in [2.05, 4.69) is 168 Å². The highest BCUT2D eigenvalue weighted by molar-refractivity contribution is 7.27. The molecule has 11 rings (SSSR count). The molecular weight excluding hydrogens is 683 g/mol. The normalized spacial score (nSPS) is 12.4. The van der Waals surface area contributed by atoms with Crippen LogP contribution in [0.2, 0.25) is 0 Å². The van der Waals surface area contributed by atoms with Crippen LogP contribution in [0.3, 0.4) is 0 Å². The van der Waals surface area contributed by atoms with Crippen LogP contribution >= 0.6 is 22.7 Å². The minimum Gasteiger partial charge on any atom is -0.383 e. The fourth-order valence-corrected chi connectivity index (χ4v) is 10.7. The van der Waals surface area contributed by atoms with Crippen LogP contribution in [-0.4, -0.2) is 10.4 Å². The van der Waals surface area contributed by atoms with E-state index < -0.39 is 0 Å². The molecule has 0 unspecified atom stereocenters. The SMILES string of the molecule is NC(=Nc1c(Cc2ccccc2)sc2ccccc12)c1cccc(-n2c3ccccc3c3c4ccc5ccccc5c4c4c5ccccc5sc4c32)c1. The Kier molecular flexibility index (Phi) is 6.81. The molecule has 2 N–H and O–H groups in total. The van der Waals surface area contributed by atoms with Crippen molar-refractivity contribution in [2.24, 2.45) is 10.7 Å². The zero-order valence-electron chi connectivity index (χ0n) is 28.6. The van der Waals surface area contributed by atoms with Gasteiger partial charge in [0.2, 0.25) is 0 Å². The first-order valence-corrected chi connectivity index (χ1v) is 19.5. The maximum atomic E-state index is 7.00. The Hall–Kier alpha value is -6.27. The maximum absolute atomic E-state index is 7.00. The number of thiophene rings is 2. The van der Waals surface area contributed by atoms with Crippen LogP contribution in [0, 0.1) is 0 Å². The van der Waals surface area contributed by atoms with Crippen molar-refractivity contribution >= 4 is 108 Å². The van der Waals surface area contributed by atoms with E-state index in [9.17, 15) is 0 Å². The number of fused-ring (bicyclic) bond motifs is 13. The van der Waals surface area contributed by atoms with Gasteiger partial charge in [-0.3, -0.25) is 0 Å². The lowest BCUT2D eigenvalue weighted by Gasteiger charge is -2.13. The third-order valence-electron chi connectivity index (χ3n) is 10.6. The molecule has 0 amide bonds. The topological polar surface area (TPSA) is 43.3 Å². The molecule has 53 heavy (non-hydrogen) atoms. The summed E-state index contributed by atoms with van der Waals surface area (Å²) in [6, 6.07) is 58.8. The second kappa shape index (κ2) is 11.9. The van der Waals surface area contributed by atoms with Crippen molar-refractivity contribution in [2.75, 3.05) is 0 Å². The van der Waals surface area contributed by atoms with E-state index in [4.69, 9.17) is 10.7 Å². The minimum atomic E-state index is 0.509. The molecule has 0 bridgehead atoms. The lowest BCUT2D eigenvalue weighted by atomic mass is 9.94. The number of hydrogen-bond donors (Lipinski definition) is 1. The molecular formula is C48H31N3S2. The number of aromatic nitrogens is 1. The summed E-state index contributed by atoms with van der Waals surface area (Å²) in [7, 11) is 0. The summed E-state index contributed by atoms with van der Waals surface area (Å²) >= 11 is 3.69. The number of hydrogen-bond acceptors (Lipinski definition) is 3. The van der Waals surface area contributed by atoms with Crippen LogP contribution in [0.5, 0.6) is 0 Å². The van der Waals surface area contributed by atoms with E-state index in [1.165, 1.54) is 78.7 Å². The standard InChI is InChI=1S/C48H31N3S2/c49-48(50-45-36-21-8-11-24-40(36)52-41(45)27-29-13-2-1-3-14-29)31-16-12-17-32(28-31)51-38-22-9-6-19-34(38)43-37-26-25-30-15-4-5-18-33(30)42(37)44-35-20-7-10-23-39(35)53-47(44)46(43)51/h1-26,28H,27H2,(H2,49,50). The van der Waals surface area contributed by atoms with Gasteiger partial charge in [0.15, 0.2) is 0 Å². The molecule has 3 nitrogen and oxygen atoms in total. The quantitative estimate of drug-likeness (QED) is 0.108. The second-order valence-electron chi connectivity index (χ2n) is 13.7. The van der Waals surface area contributed by atoms with Crippen molar-refractivity contribution in [2.45, 2.75) is 6.42 Å². The number of rotatable bonds is 5. The summed E-state index contributed by atoms with van der Waals surface area (Å²) in [6.45, 7) is 0. The van der Waals surface area contributed by atoms with Crippen molar-refractivity contribution in [3.05, 3.63) is 180 Å². The Labute approximate surface area is 313 Å². The van der Waals surface area contributed by atoms with Crippen LogP contribution < -0.4 is 5.73 Å². The zero-order chi connectivity index (χ0) is 35.0. The smallest absolute Gasteiger partial charge is 0.131 e. The molecule has 0 radical (unpaired) electrons. The Morgan fingerprint density at radius 3 is 2.09 bits per heavy atom. The summed E-state index contributed by atoms with van der Waals surface area (Å²) < 4.78 is 6.26. The van der Waals surface area contributed by atoms with E-state index >= 15 is 0 Å². The molecule has 0 aliphatic heterocycles. The van der Waals surface area contributed by atoms with Crippen molar-refractivity contribution in [1.82, 2.24) is 4.57 Å². The van der Waals surface area contributed by atoms with Gasteiger partial charge in [-0.25, -0.2) is 4.99 Å². The van der Waals surface area contributed by atoms with Gasteiger partial charge in [-0.1, -0.05) is 133 Å². The van der Waals surface area contributed by atoms with Gasteiger partial charge >= 0.3 is 0 Å². The van der Waals surface area contributed by atoms with E-state index in [0.29, 0.717) is 5.84 Å². The molecule has 0 aliphatic carbocycles. The summed E-state index contributed by atoms with van der Waals surface area (Å²) in [5, 5.41) is 11.4. The van der Waals surface area contributed by atoms with Gasteiger partial charge in [-0.05, 0) is 57.4 Å². The van der Waals surface area contributed by atoms with E-state index in [1.54, 1.807) is 11.3 Å². The zero-order valence-corrected chi connectivity index (χ0v) is 30.2. The van der Waals surface area contributed by atoms with Crippen LogP contribution in [0.1, 0.15) is 16.0 Å².